The van der Waals surface area contributed by atoms with E-state index in [9.17, 15) is 14.0 Å². The summed E-state index contributed by atoms with van der Waals surface area (Å²) >= 11 is 0. The standard InChI is InChI=1S/C24H22FN3O3/c1-16-3-12-22(17(2)13-16)27-23(29)24(30)28-26-14-18-6-10-21(11-7-18)31-15-19-4-8-20(25)9-5-19/h3-14H,15H2,1-2H3,(H,27,29)(H,28,30)/b26-14+. The van der Waals surface area contributed by atoms with E-state index in [2.05, 4.69) is 15.8 Å². The van der Waals surface area contributed by atoms with E-state index in [0.29, 0.717) is 23.6 Å². The van der Waals surface area contributed by atoms with Crippen LogP contribution in [0.3, 0.4) is 0 Å². The van der Waals surface area contributed by atoms with Gasteiger partial charge < -0.3 is 10.1 Å². The van der Waals surface area contributed by atoms with Crippen molar-refractivity contribution in [1.29, 1.82) is 0 Å². The maximum absolute atomic E-state index is 12.9. The number of nitrogens with one attached hydrogen (secondary N) is 2. The van der Waals surface area contributed by atoms with Gasteiger partial charge in [0.25, 0.3) is 0 Å². The molecular formula is C24H22FN3O3. The third-order valence-electron chi connectivity index (χ3n) is 4.41. The van der Waals surface area contributed by atoms with Gasteiger partial charge >= 0.3 is 11.8 Å². The lowest BCUT2D eigenvalue weighted by atomic mass is 10.1. The smallest absolute Gasteiger partial charge is 0.329 e. The molecule has 0 aliphatic carbocycles. The number of hydrogen-bond acceptors (Lipinski definition) is 4. The minimum atomic E-state index is -0.865. The van der Waals surface area contributed by atoms with E-state index >= 15 is 0 Å². The van der Waals surface area contributed by atoms with Gasteiger partial charge in [0.05, 0.1) is 6.21 Å². The molecule has 0 saturated heterocycles. The third kappa shape index (κ3) is 6.50. The zero-order valence-corrected chi connectivity index (χ0v) is 17.2. The molecule has 0 radical (unpaired) electrons. The van der Waals surface area contributed by atoms with E-state index in [1.807, 2.05) is 26.0 Å². The minimum absolute atomic E-state index is 0.290. The van der Waals surface area contributed by atoms with Gasteiger partial charge in [-0.05, 0) is 73.0 Å². The van der Waals surface area contributed by atoms with Crippen molar-refractivity contribution in [3.8, 4) is 5.75 Å². The van der Waals surface area contributed by atoms with Gasteiger partial charge in [0, 0.05) is 5.69 Å². The minimum Gasteiger partial charge on any atom is -0.489 e. The second kappa shape index (κ2) is 10.2. The number of hydrogen-bond donors (Lipinski definition) is 2. The summed E-state index contributed by atoms with van der Waals surface area (Å²) < 4.78 is 18.6. The van der Waals surface area contributed by atoms with Crippen molar-refractivity contribution in [2.45, 2.75) is 20.5 Å². The van der Waals surface area contributed by atoms with Crippen LogP contribution in [0.5, 0.6) is 5.75 Å². The van der Waals surface area contributed by atoms with Crippen LogP contribution in [-0.2, 0) is 16.2 Å². The topological polar surface area (TPSA) is 79.8 Å². The van der Waals surface area contributed by atoms with Crippen LogP contribution in [0.25, 0.3) is 0 Å². The molecule has 0 bridgehead atoms. The zero-order valence-electron chi connectivity index (χ0n) is 17.2. The Bertz CT molecular complexity index is 1090. The number of carbonyl (C=O) groups is 2. The summed E-state index contributed by atoms with van der Waals surface area (Å²) in [6.45, 7) is 4.12. The number of halogens is 1. The van der Waals surface area contributed by atoms with Gasteiger partial charge in [-0.3, -0.25) is 9.59 Å². The highest BCUT2D eigenvalue weighted by molar-refractivity contribution is 6.39. The molecule has 158 valence electrons. The Kier molecular flexibility index (Phi) is 7.11. The fraction of sp³-hybridized carbons (Fsp3) is 0.125. The molecule has 3 aromatic rings. The van der Waals surface area contributed by atoms with Crippen LogP contribution in [0.1, 0.15) is 22.3 Å². The summed E-state index contributed by atoms with van der Waals surface area (Å²) in [6, 6.07) is 18.6. The molecule has 0 aliphatic rings. The normalized spacial score (nSPS) is 10.7. The third-order valence-corrected chi connectivity index (χ3v) is 4.41. The number of anilines is 1. The van der Waals surface area contributed by atoms with Gasteiger partial charge in [-0.2, -0.15) is 5.10 Å². The molecule has 0 fully saturated rings. The lowest BCUT2D eigenvalue weighted by Gasteiger charge is -2.08. The molecule has 7 heteroatoms. The van der Waals surface area contributed by atoms with Crippen LogP contribution < -0.4 is 15.5 Å². The highest BCUT2D eigenvalue weighted by atomic mass is 19.1. The molecule has 0 aromatic heterocycles. The maximum Gasteiger partial charge on any atom is 0.329 e. The van der Waals surface area contributed by atoms with Gasteiger partial charge in [0.15, 0.2) is 0 Å². The number of rotatable bonds is 6. The first-order chi connectivity index (χ1) is 14.9. The average Bonchev–Trinajstić information content (AvgIpc) is 2.76. The highest BCUT2D eigenvalue weighted by Gasteiger charge is 2.13. The largest absolute Gasteiger partial charge is 0.489 e. The second-order valence-electron chi connectivity index (χ2n) is 6.96. The first kappa shape index (κ1) is 21.7. The summed E-state index contributed by atoms with van der Waals surface area (Å²) in [7, 11) is 0. The first-order valence-electron chi connectivity index (χ1n) is 9.59. The predicted molar refractivity (Wildman–Crippen MR) is 117 cm³/mol. The number of amides is 2. The molecule has 0 unspecified atom stereocenters. The van der Waals surface area contributed by atoms with E-state index in [-0.39, 0.29) is 5.82 Å². The highest BCUT2D eigenvalue weighted by Crippen LogP contribution is 2.16. The van der Waals surface area contributed by atoms with Crippen molar-refractivity contribution in [2.75, 3.05) is 5.32 Å². The molecule has 3 aromatic carbocycles. The molecule has 0 heterocycles. The molecule has 0 atom stereocenters. The Morgan fingerprint density at radius 3 is 2.35 bits per heavy atom. The van der Waals surface area contributed by atoms with Crippen molar-refractivity contribution in [1.82, 2.24) is 5.43 Å². The summed E-state index contributed by atoms with van der Waals surface area (Å²) in [5.41, 5.74) is 6.28. The van der Waals surface area contributed by atoms with Crippen molar-refractivity contribution in [3.05, 3.63) is 94.8 Å². The van der Waals surface area contributed by atoms with Crippen LogP contribution in [0, 0.1) is 19.7 Å². The number of nitrogens with zero attached hydrogens (tertiary/aromatic N) is 1. The first-order valence-corrected chi connectivity index (χ1v) is 9.59. The summed E-state index contributed by atoms with van der Waals surface area (Å²) in [4.78, 5) is 23.9. The predicted octanol–water partition coefficient (Wildman–Crippen LogP) is 4.11. The number of benzene rings is 3. The maximum atomic E-state index is 12.9. The van der Waals surface area contributed by atoms with Crippen LogP contribution in [0.4, 0.5) is 10.1 Å². The van der Waals surface area contributed by atoms with Crippen molar-refractivity contribution >= 4 is 23.7 Å². The van der Waals surface area contributed by atoms with Crippen LogP contribution in [0.15, 0.2) is 71.8 Å². The van der Waals surface area contributed by atoms with E-state index in [1.165, 1.54) is 18.3 Å². The van der Waals surface area contributed by atoms with Gasteiger partial charge in [0.1, 0.15) is 18.2 Å². The molecule has 0 aliphatic heterocycles. The monoisotopic (exact) mass is 419 g/mol. The molecule has 31 heavy (non-hydrogen) atoms. The summed E-state index contributed by atoms with van der Waals surface area (Å²) in [5, 5.41) is 6.37. The molecule has 2 N–H and O–H groups in total. The SMILES string of the molecule is Cc1ccc(NC(=O)C(=O)N/N=C/c2ccc(OCc3ccc(F)cc3)cc2)c(C)c1. The molecule has 0 spiro atoms. The Labute approximate surface area is 179 Å². The quantitative estimate of drug-likeness (QED) is 0.359. The van der Waals surface area contributed by atoms with Crippen LogP contribution in [-0.4, -0.2) is 18.0 Å². The summed E-state index contributed by atoms with van der Waals surface area (Å²) in [5.74, 6) is -1.32. The van der Waals surface area contributed by atoms with Crippen LogP contribution >= 0.6 is 0 Å². The van der Waals surface area contributed by atoms with Crippen molar-refractivity contribution in [3.63, 3.8) is 0 Å². The number of ether oxygens (including phenoxy) is 1. The second-order valence-corrected chi connectivity index (χ2v) is 6.96. The number of carbonyl (C=O) groups excluding carboxylic acids is 2. The van der Waals surface area contributed by atoms with Gasteiger partial charge in [0.2, 0.25) is 0 Å². The number of hydrazone groups is 1. The molecule has 3 rings (SSSR count). The fourth-order valence-corrected chi connectivity index (χ4v) is 2.75. The zero-order chi connectivity index (χ0) is 22.2. The van der Waals surface area contributed by atoms with E-state index in [1.54, 1.807) is 42.5 Å². The molecular weight excluding hydrogens is 397 g/mol. The van der Waals surface area contributed by atoms with Crippen molar-refractivity contribution in [2.24, 2.45) is 5.10 Å². The van der Waals surface area contributed by atoms with Gasteiger partial charge in [-0.1, -0.05) is 29.8 Å². The number of aryl methyl sites for hydroxylation is 2. The Balaban J connectivity index is 1.48. The van der Waals surface area contributed by atoms with E-state index in [0.717, 1.165) is 16.7 Å². The molecule has 0 saturated carbocycles. The Morgan fingerprint density at radius 1 is 0.968 bits per heavy atom. The van der Waals surface area contributed by atoms with Gasteiger partial charge in [-0.25, -0.2) is 9.82 Å². The van der Waals surface area contributed by atoms with Crippen LogP contribution in [0.2, 0.25) is 0 Å². The van der Waals surface area contributed by atoms with E-state index in [4.69, 9.17) is 4.74 Å². The average molecular weight is 419 g/mol. The van der Waals surface area contributed by atoms with Gasteiger partial charge in [-0.15, -0.1) is 0 Å². The molecule has 2 amide bonds. The molecule has 6 nitrogen and oxygen atoms in total. The van der Waals surface area contributed by atoms with Crippen molar-refractivity contribution < 1.29 is 18.7 Å². The summed E-state index contributed by atoms with van der Waals surface area (Å²) in [6.07, 6.45) is 1.42. The van der Waals surface area contributed by atoms with E-state index < -0.39 is 11.8 Å². The fourth-order valence-electron chi connectivity index (χ4n) is 2.75. The lowest BCUT2D eigenvalue weighted by molar-refractivity contribution is -0.136. The Morgan fingerprint density at radius 2 is 1.68 bits per heavy atom. The Hall–Kier alpha value is -4.00. The lowest BCUT2D eigenvalue weighted by Crippen LogP contribution is -2.32.